The van der Waals surface area contributed by atoms with Crippen LogP contribution in [-0.2, 0) is 6.54 Å². The minimum atomic E-state index is -2.80. The van der Waals surface area contributed by atoms with Gasteiger partial charge in [0.15, 0.2) is 0 Å². The Kier molecular flexibility index (Phi) is 4.46. The Morgan fingerprint density at radius 2 is 2.00 bits per heavy atom. The molecular formula is C13H14F2N2O2. The molecule has 0 aliphatic rings. The SMILES string of the molecule is CC(NCc1ccno1)c1ccc(OC(F)F)cc1. The molecule has 19 heavy (non-hydrogen) atoms. The first kappa shape index (κ1) is 13.5. The summed E-state index contributed by atoms with van der Waals surface area (Å²) in [5, 5.41) is 6.85. The van der Waals surface area contributed by atoms with E-state index in [-0.39, 0.29) is 11.8 Å². The fourth-order valence-corrected chi connectivity index (χ4v) is 1.64. The molecule has 0 radical (unpaired) electrons. The van der Waals surface area contributed by atoms with Crippen LogP contribution < -0.4 is 10.1 Å². The molecule has 0 aliphatic carbocycles. The Labute approximate surface area is 109 Å². The molecule has 2 rings (SSSR count). The van der Waals surface area contributed by atoms with E-state index in [1.165, 1.54) is 12.1 Å². The van der Waals surface area contributed by atoms with Crippen LogP contribution in [0.5, 0.6) is 5.75 Å². The molecule has 1 heterocycles. The monoisotopic (exact) mass is 268 g/mol. The van der Waals surface area contributed by atoms with E-state index < -0.39 is 6.61 Å². The van der Waals surface area contributed by atoms with E-state index in [1.807, 2.05) is 6.92 Å². The topological polar surface area (TPSA) is 47.3 Å². The van der Waals surface area contributed by atoms with Crippen molar-refractivity contribution in [3.05, 3.63) is 47.9 Å². The van der Waals surface area contributed by atoms with Crippen molar-refractivity contribution < 1.29 is 18.0 Å². The van der Waals surface area contributed by atoms with E-state index in [0.717, 1.165) is 11.3 Å². The maximum absolute atomic E-state index is 12.0. The quantitative estimate of drug-likeness (QED) is 0.874. The molecule has 0 saturated carbocycles. The van der Waals surface area contributed by atoms with Gasteiger partial charge in [-0.3, -0.25) is 0 Å². The molecule has 1 atom stereocenters. The van der Waals surface area contributed by atoms with Gasteiger partial charge in [-0.05, 0) is 24.6 Å². The van der Waals surface area contributed by atoms with Crippen LogP contribution in [0, 0.1) is 0 Å². The van der Waals surface area contributed by atoms with Gasteiger partial charge in [-0.2, -0.15) is 8.78 Å². The van der Waals surface area contributed by atoms with Gasteiger partial charge in [-0.15, -0.1) is 0 Å². The van der Waals surface area contributed by atoms with Crippen molar-refractivity contribution in [1.82, 2.24) is 10.5 Å². The molecule has 2 aromatic rings. The lowest BCUT2D eigenvalue weighted by molar-refractivity contribution is -0.0498. The molecule has 0 aliphatic heterocycles. The number of nitrogens with one attached hydrogen (secondary N) is 1. The standard InChI is InChI=1S/C13H14F2N2O2/c1-9(16-8-12-6-7-17-19-12)10-2-4-11(5-3-10)18-13(14)15/h2-7,9,13,16H,8H2,1H3. The minimum Gasteiger partial charge on any atom is -0.435 e. The summed E-state index contributed by atoms with van der Waals surface area (Å²) in [5.74, 6) is 0.894. The number of benzene rings is 1. The molecule has 1 unspecified atom stereocenters. The van der Waals surface area contributed by atoms with Crippen LogP contribution in [0.1, 0.15) is 24.3 Å². The predicted molar refractivity (Wildman–Crippen MR) is 64.8 cm³/mol. The molecule has 1 aromatic carbocycles. The van der Waals surface area contributed by atoms with Crippen molar-refractivity contribution in [2.24, 2.45) is 0 Å². The third kappa shape index (κ3) is 4.03. The lowest BCUT2D eigenvalue weighted by Gasteiger charge is -2.13. The van der Waals surface area contributed by atoms with Crippen molar-refractivity contribution in [2.75, 3.05) is 0 Å². The van der Waals surface area contributed by atoms with Crippen LogP contribution in [0.3, 0.4) is 0 Å². The smallest absolute Gasteiger partial charge is 0.387 e. The van der Waals surface area contributed by atoms with Crippen molar-refractivity contribution in [2.45, 2.75) is 26.1 Å². The van der Waals surface area contributed by atoms with Crippen LogP contribution in [0.2, 0.25) is 0 Å². The normalized spacial score (nSPS) is 12.6. The summed E-state index contributed by atoms with van der Waals surface area (Å²) in [4.78, 5) is 0. The summed E-state index contributed by atoms with van der Waals surface area (Å²) in [6.07, 6.45) is 1.58. The van der Waals surface area contributed by atoms with Gasteiger partial charge < -0.3 is 14.6 Å². The molecule has 1 aromatic heterocycles. The summed E-state index contributed by atoms with van der Waals surface area (Å²) in [6.45, 7) is -0.275. The van der Waals surface area contributed by atoms with E-state index in [0.29, 0.717) is 6.54 Å². The van der Waals surface area contributed by atoms with Gasteiger partial charge in [0, 0.05) is 12.1 Å². The summed E-state index contributed by atoms with van der Waals surface area (Å²) in [7, 11) is 0. The fraction of sp³-hybridized carbons (Fsp3) is 0.308. The largest absolute Gasteiger partial charge is 0.435 e. The third-order valence-corrected chi connectivity index (χ3v) is 2.68. The minimum absolute atomic E-state index is 0.0608. The second-order valence-corrected chi connectivity index (χ2v) is 4.03. The Bertz CT molecular complexity index is 486. The first-order valence-corrected chi connectivity index (χ1v) is 5.83. The van der Waals surface area contributed by atoms with E-state index in [9.17, 15) is 8.78 Å². The molecule has 1 N–H and O–H groups in total. The highest BCUT2D eigenvalue weighted by Gasteiger charge is 2.08. The highest BCUT2D eigenvalue weighted by atomic mass is 19.3. The number of halogens is 2. The first-order chi connectivity index (χ1) is 9.15. The highest BCUT2D eigenvalue weighted by molar-refractivity contribution is 5.29. The Morgan fingerprint density at radius 3 is 2.58 bits per heavy atom. The van der Waals surface area contributed by atoms with E-state index in [4.69, 9.17) is 4.52 Å². The average molecular weight is 268 g/mol. The van der Waals surface area contributed by atoms with Crippen LogP contribution in [-0.4, -0.2) is 11.8 Å². The fourth-order valence-electron chi connectivity index (χ4n) is 1.64. The van der Waals surface area contributed by atoms with Crippen LogP contribution in [0.4, 0.5) is 8.78 Å². The van der Waals surface area contributed by atoms with Crippen molar-refractivity contribution in [3.63, 3.8) is 0 Å². The lowest BCUT2D eigenvalue weighted by Crippen LogP contribution is -2.17. The average Bonchev–Trinajstić information content (AvgIpc) is 2.89. The third-order valence-electron chi connectivity index (χ3n) is 2.68. The number of rotatable bonds is 6. The molecule has 6 heteroatoms. The zero-order valence-electron chi connectivity index (χ0n) is 10.3. The van der Waals surface area contributed by atoms with Gasteiger partial charge in [-0.25, -0.2) is 0 Å². The first-order valence-electron chi connectivity index (χ1n) is 5.83. The molecule has 0 spiro atoms. The second-order valence-electron chi connectivity index (χ2n) is 4.03. The zero-order chi connectivity index (χ0) is 13.7. The predicted octanol–water partition coefficient (Wildman–Crippen LogP) is 3.13. The highest BCUT2D eigenvalue weighted by Crippen LogP contribution is 2.19. The molecule has 4 nitrogen and oxygen atoms in total. The number of aromatic nitrogens is 1. The van der Waals surface area contributed by atoms with E-state index >= 15 is 0 Å². The summed E-state index contributed by atoms with van der Waals surface area (Å²) < 4.78 is 33.3. The van der Waals surface area contributed by atoms with Gasteiger partial charge >= 0.3 is 6.61 Å². The van der Waals surface area contributed by atoms with E-state index in [1.54, 1.807) is 24.4 Å². The summed E-state index contributed by atoms with van der Waals surface area (Å²) >= 11 is 0. The Hall–Kier alpha value is -1.95. The van der Waals surface area contributed by atoms with Crippen LogP contribution in [0.25, 0.3) is 0 Å². The maximum Gasteiger partial charge on any atom is 0.387 e. The van der Waals surface area contributed by atoms with Gasteiger partial charge in [-0.1, -0.05) is 17.3 Å². The molecule has 0 fully saturated rings. The van der Waals surface area contributed by atoms with Crippen molar-refractivity contribution in [1.29, 1.82) is 0 Å². The van der Waals surface area contributed by atoms with Gasteiger partial charge in [0.05, 0.1) is 12.7 Å². The van der Waals surface area contributed by atoms with Crippen molar-refractivity contribution >= 4 is 0 Å². The summed E-state index contributed by atoms with van der Waals surface area (Å²) in [6, 6.07) is 8.37. The van der Waals surface area contributed by atoms with Crippen LogP contribution in [0.15, 0.2) is 41.1 Å². The summed E-state index contributed by atoms with van der Waals surface area (Å²) in [5.41, 5.74) is 0.973. The zero-order valence-corrected chi connectivity index (χ0v) is 10.3. The van der Waals surface area contributed by atoms with E-state index in [2.05, 4.69) is 15.2 Å². The molecule has 102 valence electrons. The maximum atomic E-state index is 12.0. The number of nitrogens with zero attached hydrogens (tertiary/aromatic N) is 1. The molecule has 0 saturated heterocycles. The van der Waals surface area contributed by atoms with Gasteiger partial charge in [0.25, 0.3) is 0 Å². The molecule has 0 amide bonds. The van der Waals surface area contributed by atoms with Crippen LogP contribution >= 0.6 is 0 Å². The molecular weight excluding hydrogens is 254 g/mol. The molecule has 0 bridgehead atoms. The second kappa shape index (κ2) is 6.29. The van der Waals surface area contributed by atoms with Gasteiger partial charge in [0.1, 0.15) is 11.5 Å². The number of ether oxygens (including phenoxy) is 1. The number of hydrogen-bond acceptors (Lipinski definition) is 4. The Morgan fingerprint density at radius 1 is 1.26 bits per heavy atom. The lowest BCUT2D eigenvalue weighted by atomic mass is 10.1. The van der Waals surface area contributed by atoms with Crippen molar-refractivity contribution in [3.8, 4) is 5.75 Å². The Balaban J connectivity index is 1.90. The number of hydrogen-bond donors (Lipinski definition) is 1. The number of alkyl halides is 2. The van der Waals surface area contributed by atoms with Gasteiger partial charge in [0.2, 0.25) is 0 Å².